The number of aliphatic imine (C=N–C) groups is 1. The van der Waals surface area contributed by atoms with Crippen LogP contribution in [-0.4, -0.2) is 23.1 Å². The van der Waals surface area contributed by atoms with Crippen molar-refractivity contribution in [3.8, 4) is 28.7 Å². The summed E-state index contributed by atoms with van der Waals surface area (Å²) in [5.74, 6) is 1.87. The molecule has 4 aromatic rings. The van der Waals surface area contributed by atoms with Crippen molar-refractivity contribution in [2.45, 2.75) is 6.92 Å². The van der Waals surface area contributed by atoms with E-state index >= 15 is 0 Å². The summed E-state index contributed by atoms with van der Waals surface area (Å²) >= 11 is 0. The first-order chi connectivity index (χ1) is 13.7. The maximum atomic E-state index is 10.4. The summed E-state index contributed by atoms with van der Waals surface area (Å²) in [5.41, 5.74) is 4.56. The monoisotopic (exact) mass is 372 g/mol. The second-order valence-electron chi connectivity index (χ2n) is 6.56. The van der Waals surface area contributed by atoms with Crippen molar-refractivity contribution in [2.24, 2.45) is 4.99 Å². The van der Waals surface area contributed by atoms with E-state index in [4.69, 9.17) is 13.9 Å². The van der Waals surface area contributed by atoms with E-state index in [1.807, 2.05) is 43.3 Å². The third kappa shape index (κ3) is 2.95. The number of phenolic OH excluding ortho intramolecular Hbond substituents is 1. The van der Waals surface area contributed by atoms with Crippen LogP contribution >= 0.6 is 0 Å². The van der Waals surface area contributed by atoms with Crippen LogP contribution in [0.3, 0.4) is 0 Å². The molecule has 2 heterocycles. The molecule has 0 spiro atoms. The third-order valence-electron chi connectivity index (χ3n) is 4.51. The van der Waals surface area contributed by atoms with E-state index in [2.05, 4.69) is 9.98 Å². The number of fused-ring (bicyclic) bond motifs is 2. The Balaban J connectivity index is 1.42. The first kappa shape index (κ1) is 16.4. The summed E-state index contributed by atoms with van der Waals surface area (Å²) in [6, 6.07) is 16.5. The van der Waals surface area contributed by atoms with Gasteiger partial charge in [0.05, 0.1) is 11.3 Å². The molecular formula is C22H16N2O4. The lowest BCUT2D eigenvalue weighted by Gasteiger charge is -2.02. The Morgan fingerprint density at radius 2 is 1.89 bits per heavy atom. The Morgan fingerprint density at radius 3 is 2.79 bits per heavy atom. The fourth-order valence-corrected chi connectivity index (χ4v) is 3.07. The molecule has 5 rings (SSSR count). The second kappa shape index (κ2) is 6.42. The van der Waals surface area contributed by atoms with E-state index in [0.29, 0.717) is 28.5 Å². The molecule has 0 fully saturated rings. The zero-order valence-electron chi connectivity index (χ0n) is 15.0. The Kier molecular flexibility index (Phi) is 3.76. The predicted molar refractivity (Wildman–Crippen MR) is 106 cm³/mol. The number of nitrogens with zero attached hydrogens (tertiary/aromatic N) is 2. The van der Waals surface area contributed by atoms with Crippen LogP contribution < -0.4 is 9.47 Å². The Labute approximate surface area is 160 Å². The first-order valence-corrected chi connectivity index (χ1v) is 8.80. The van der Waals surface area contributed by atoms with E-state index in [1.54, 1.807) is 24.4 Å². The fraction of sp³-hybridized carbons (Fsp3) is 0.0909. The lowest BCUT2D eigenvalue weighted by Crippen LogP contribution is -1.92. The number of aromatic nitrogens is 1. The highest BCUT2D eigenvalue weighted by atomic mass is 16.7. The van der Waals surface area contributed by atoms with Crippen molar-refractivity contribution in [1.29, 1.82) is 0 Å². The molecule has 0 bridgehead atoms. The van der Waals surface area contributed by atoms with Crippen molar-refractivity contribution in [3.05, 3.63) is 65.7 Å². The molecule has 1 aliphatic heterocycles. The third-order valence-corrected chi connectivity index (χ3v) is 4.51. The lowest BCUT2D eigenvalue weighted by atomic mass is 10.1. The molecule has 1 N–H and O–H groups in total. The predicted octanol–water partition coefficient (Wildman–Crippen LogP) is 4.99. The first-order valence-electron chi connectivity index (χ1n) is 8.80. The molecule has 0 unspecified atom stereocenters. The van der Waals surface area contributed by atoms with E-state index in [1.165, 1.54) is 0 Å². The Morgan fingerprint density at radius 1 is 1.00 bits per heavy atom. The Bertz CT molecular complexity index is 1230. The van der Waals surface area contributed by atoms with Crippen LogP contribution in [0.15, 0.2) is 64.0 Å². The minimum absolute atomic E-state index is 0.0589. The molecule has 0 saturated heterocycles. The van der Waals surface area contributed by atoms with Gasteiger partial charge in [0.2, 0.25) is 12.7 Å². The number of hydrogen-bond acceptors (Lipinski definition) is 6. The molecular weight excluding hydrogens is 356 g/mol. The maximum absolute atomic E-state index is 10.4. The molecule has 28 heavy (non-hydrogen) atoms. The summed E-state index contributed by atoms with van der Waals surface area (Å²) in [7, 11) is 0. The minimum atomic E-state index is 0.0589. The summed E-state index contributed by atoms with van der Waals surface area (Å²) in [5, 5.41) is 10.4. The Hall–Kier alpha value is -3.80. The van der Waals surface area contributed by atoms with Gasteiger partial charge in [0, 0.05) is 12.3 Å². The molecule has 0 aliphatic carbocycles. The molecule has 0 radical (unpaired) electrons. The van der Waals surface area contributed by atoms with Gasteiger partial charge in [-0.25, -0.2) is 4.98 Å². The molecule has 0 atom stereocenters. The van der Waals surface area contributed by atoms with Gasteiger partial charge in [-0.3, -0.25) is 4.99 Å². The number of phenols is 1. The number of aryl methyl sites for hydroxylation is 1. The van der Waals surface area contributed by atoms with Gasteiger partial charge in [-0.1, -0.05) is 6.07 Å². The standard InChI is InChI=1S/C22H16N2O4/c1-13-2-6-17-20(8-13)28-22(24-17)16-5-4-15(10-18(16)25)23-11-14-3-7-19-21(9-14)27-12-26-19/h2-11,25H,12H2,1H3. The van der Waals surface area contributed by atoms with E-state index in [0.717, 1.165) is 22.4 Å². The molecule has 1 aromatic heterocycles. The molecule has 138 valence electrons. The SMILES string of the molecule is Cc1ccc2nc(-c3ccc(N=Cc4ccc5c(c4)OCO5)cc3O)oc2c1. The summed E-state index contributed by atoms with van der Waals surface area (Å²) < 4.78 is 16.5. The van der Waals surface area contributed by atoms with Gasteiger partial charge < -0.3 is 19.0 Å². The highest BCUT2D eigenvalue weighted by molar-refractivity contribution is 5.84. The van der Waals surface area contributed by atoms with Gasteiger partial charge in [0.25, 0.3) is 0 Å². The number of benzene rings is 3. The van der Waals surface area contributed by atoms with Crippen molar-refractivity contribution in [3.63, 3.8) is 0 Å². The minimum Gasteiger partial charge on any atom is -0.507 e. The summed E-state index contributed by atoms with van der Waals surface area (Å²) in [4.78, 5) is 8.87. The zero-order valence-corrected chi connectivity index (χ0v) is 15.0. The quantitative estimate of drug-likeness (QED) is 0.513. The van der Waals surface area contributed by atoms with Gasteiger partial charge >= 0.3 is 0 Å². The van der Waals surface area contributed by atoms with Crippen LogP contribution in [0.5, 0.6) is 17.2 Å². The van der Waals surface area contributed by atoms with Crippen LogP contribution in [0.25, 0.3) is 22.6 Å². The summed E-state index contributed by atoms with van der Waals surface area (Å²) in [6.45, 7) is 2.23. The van der Waals surface area contributed by atoms with Gasteiger partial charge in [-0.2, -0.15) is 0 Å². The van der Waals surface area contributed by atoms with Crippen LogP contribution in [0.2, 0.25) is 0 Å². The highest BCUT2D eigenvalue weighted by Gasteiger charge is 2.14. The van der Waals surface area contributed by atoms with Gasteiger partial charge in [0.15, 0.2) is 17.1 Å². The maximum Gasteiger partial charge on any atom is 0.231 e. The fourth-order valence-electron chi connectivity index (χ4n) is 3.07. The molecule has 1 aliphatic rings. The van der Waals surface area contributed by atoms with Crippen LogP contribution in [0, 0.1) is 6.92 Å². The largest absolute Gasteiger partial charge is 0.507 e. The van der Waals surface area contributed by atoms with Crippen LogP contribution in [0.1, 0.15) is 11.1 Å². The highest BCUT2D eigenvalue weighted by Crippen LogP contribution is 2.35. The van der Waals surface area contributed by atoms with Crippen molar-refractivity contribution in [2.75, 3.05) is 6.79 Å². The molecule has 0 saturated carbocycles. The summed E-state index contributed by atoms with van der Waals surface area (Å²) in [6.07, 6.45) is 1.71. The lowest BCUT2D eigenvalue weighted by molar-refractivity contribution is 0.174. The normalized spacial score (nSPS) is 12.9. The van der Waals surface area contributed by atoms with Crippen molar-refractivity contribution < 1.29 is 19.0 Å². The average molecular weight is 372 g/mol. The molecule has 6 nitrogen and oxygen atoms in total. The van der Waals surface area contributed by atoms with Crippen LogP contribution in [-0.2, 0) is 0 Å². The van der Waals surface area contributed by atoms with Gasteiger partial charge in [-0.15, -0.1) is 0 Å². The van der Waals surface area contributed by atoms with Gasteiger partial charge in [-0.05, 0) is 60.5 Å². The average Bonchev–Trinajstić information content (AvgIpc) is 3.32. The number of oxazole rings is 1. The second-order valence-corrected chi connectivity index (χ2v) is 6.56. The topological polar surface area (TPSA) is 77.1 Å². The van der Waals surface area contributed by atoms with E-state index < -0.39 is 0 Å². The molecule has 0 amide bonds. The van der Waals surface area contributed by atoms with E-state index in [-0.39, 0.29) is 12.5 Å². The number of aromatic hydroxyl groups is 1. The number of ether oxygens (including phenoxy) is 2. The van der Waals surface area contributed by atoms with Crippen molar-refractivity contribution in [1.82, 2.24) is 4.98 Å². The van der Waals surface area contributed by atoms with E-state index in [9.17, 15) is 5.11 Å². The van der Waals surface area contributed by atoms with Gasteiger partial charge in [0.1, 0.15) is 11.3 Å². The molecule has 3 aromatic carbocycles. The number of hydrogen-bond donors (Lipinski definition) is 1. The zero-order chi connectivity index (χ0) is 19.1. The van der Waals surface area contributed by atoms with Crippen LogP contribution in [0.4, 0.5) is 5.69 Å². The molecule has 6 heteroatoms. The number of rotatable bonds is 3. The van der Waals surface area contributed by atoms with Crippen molar-refractivity contribution >= 4 is 23.0 Å². The smallest absolute Gasteiger partial charge is 0.231 e.